The number of amides is 1. The summed E-state index contributed by atoms with van der Waals surface area (Å²) in [6.07, 6.45) is 0. The second-order valence-electron chi connectivity index (χ2n) is 6.55. The van der Waals surface area contributed by atoms with Crippen LogP contribution in [0.5, 0.6) is 0 Å². The number of carbonyl (C=O) groups excluding carboxylic acids is 1. The fourth-order valence-corrected chi connectivity index (χ4v) is 5.10. The normalized spacial score (nSPS) is 11.1. The zero-order chi connectivity index (χ0) is 23.0. The van der Waals surface area contributed by atoms with Gasteiger partial charge in [-0.3, -0.25) is 18.7 Å². The van der Waals surface area contributed by atoms with Crippen molar-refractivity contribution in [3.8, 4) is 5.69 Å². The van der Waals surface area contributed by atoms with Crippen LogP contribution < -0.4 is 10.9 Å². The summed E-state index contributed by atoms with van der Waals surface area (Å²) >= 11 is 13.6. The Morgan fingerprint density at radius 2 is 1.97 bits per heavy atom. The van der Waals surface area contributed by atoms with Crippen LogP contribution in [-0.2, 0) is 11.8 Å². The molecule has 0 radical (unpaired) electrons. The van der Waals surface area contributed by atoms with E-state index in [2.05, 4.69) is 10.3 Å². The van der Waals surface area contributed by atoms with Crippen LogP contribution >= 0.6 is 46.9 Å². The van der Waals surface area contributed by atoms with Gasteiger partial charge >= 0.3 is 0 Å². The highest BCUT2D eigenvalue weighted by atomic mass is 35.5. The molecule has 0 aliphatic carbocycles. The van der Waals surface area contributed by atoms with Gasteiger partial charge in [-0.2, -0.15) is 0 Å². The van der Waals surface area contributed by atoms with Crippen LogP contribution in [0.15, 0.2) is 52.4 Å². The Kier molecular flexibility index (Phi) is 6.42. The van der Waals surface area contributed by atoms with Crippen molar-refractivity contribution >= 4 is 68.9 Å². The predicted molar refractivity (Wildman–Crippen MR) is 126 cm³/mol. The monoisotopic (exact) mass is 510 g/mol. The minimum Gasteiger partial charge on any atom is -0.323 e. The molecule has 4 aromatic rings. The van der Waals surface area contributed by atoms with E-state index in [-0.39, 0.29) is 22.2 Å². The van der Waals surface area contributed by atoms with Crippen molar-refractivity contribution in [2.45, 2.75) is 5.16 Å². The third kappa shape index (κ3) is 4.46. The van der Waals surface area contributed by atoms with E-state index in [1.807, 2.05) is 0 Å². The van der Waals surface area contributed by atoms with E-state index in [1.54, 1.807) is 35.9 Å². The summed E-state index contributed by atoms with van der Waals surface area (Å²) in [5.41, 5.74) is 0.638. The van der Waals surface area contributed by atoms with Crippen molar-refractivity contribution in [3.63, 3.8) is 0 Å². The number of carbonyl (C=O) groups is 1. The SMILES string of the molecule is Cn1c(SCC(=O)Nc2ccc(F)cc2F)nc2c(sc(=S)n2-c2ccc(Cl)cc2)c1=O. The summed E-state index contributed by atoms with van der Waals surface area (Å²) < 4.78 is 30.6. The summed E-state index contributed by atoms with van der Waals surface area (Å²) in [6, 6.07) is 9.81. The maximum Gasteiger partial charge on any atom is 0.273 e. The molecule has 0 atom stereocenters. The molecule has 1 amide bonds. The minimum atomic E-state index is -0.879. The molecule has 2 heterocycles. The van der Waals surface area contributed by atoms with Crippen molar-refractivity contribution in [3.05, 3.63) is 73.4 Å². The molecule has 0 aliphatic heterocycles. The Morgan fingerprint density at radius 3 is 2.66 bits per heavy atom. The number of fused-ring (bicyclic) bond motifs is 1. The number of hydrogen-bond donors (Lipinski definition) is 1. The van der Waals surface area contributed by atoms with E-state index in [1.165, 1.54) is 4.57 Å². The Morgan fingerprint density at radius 1 is 1.25 bits per heavy atom. The Balaban J connectivity index is 1.64. The van der Waals surface area contributed by atoms with Gasteiger partial charge in [0.1, 0.15) is 16.3 Å². The van der Waals surface area contributed by atoms with Gasteiger partial charge in [-0.05, 0) is 48.6 Å². The molecular weight excluding hydrogens is 498 g/mol. The van der Waals surface area contributed by atoms with E-state index in [9.17, 15) is 18.4 Å². The van der Waals surface area contributed by atoms with E-state index < -0.39 is 17.5 Å². The number of hydrogen-bond acceptors (Lipinski definition) is 6. The Labute approximate surface area is 198 Å². The maximum atomic E-state index is 13.8. The minimum absolute atomic E-state index is 0.136. The molecule has 32 heavy (non-hydrogen) atoms. The first kappa shape index (κ1) is 22.6. The maximum absolute atomic E-state index is 13.8. The van der Waals surface area contributed by atoms with Crippen LogP contribution in [-0.4, -0.2) is 25.8 Å². The van der Waals surface area contributed by atoms with Gasteiger partial charge < -0.3 is 5.32 Å². The topological polar surface area (TPSA) is 68.9 Å². The van der Waals surface area contributed by atoms with E-state index in [4.69, 9.17) is 23.8 Å². The second-order valence-corrected chi connectivity index (χ2v) is 9.58. The molecule has 12 heteroatoms. The highest BCUT2D eigenvalue weighted by Crippen LogP contribution is 2.26. The van der Waals surface area contributed by atoms with Gasteiger partial charge in [-0.25, -0.2) is 13.8 Å². The Hall–Kier alpha value is -2.60. The number of rotatable bonds is 5. The summed E-state index contributed by atoms with van der Waals surface area (Å²) in [5.74, 6) is -2.30. The molecule has 0 saturated carbocycles. The van der Waals surface area contributed by atoms with E-state index >= 15 is 0 Å². The van der Waals surface area contributed by atoms with Crippen molar-refractivity contribution in [1.82, 2.24) is 14.1 Å². The highest BCUT2D eigenvalue weighted by molar-refractivity contribution is 7.99. The number of benzene rings is 2. The number of nitrogens with zero attached hydrogens (tertiary/aromatic N) is 3. The second kappa shape index (κ2) is 9.10. The molecule has 0 fully saturated rings. The summed E-state index contributed by atoms with van der Waals surface area (Å²) in [7, 11) is 1.55. The number of aromatic nitrogens is 3. The van der Waals surface area contributed by atoms with Gasteiger partial charge in [0.25, 0.3) is 5.56 Å². The largest absolute Gasteiger partial charge is 0.323 e. The van der Waals surface area contributed by atoms with Crippen molar-refractivity contribution < 1.29 is 13.6 Å². The van der Waals surface area contributed by atoms with Gasteiger partial charge in [0.15, 0.2) is 14.8 Å². The number of nitrogens with one attached hydrogen (secondary N) is 1. The molecule has 4 rings (SSSR count). The zero-order valence-corrected chi connectivity index (χ0v) is 19.5. The average molecular weight is 511 g/mol. The number of anilines is 1. The molecule has 164 valence electrons. The molecule has 6 nitrogen and oxygen atoms in total. The molecule has 0 saturated heterocycles. The lowest BCUT2D eigenvalue weighted by atomic mass is 10.3. The number of halogens is 3. The van der Waals surface area contributed by atoms with Crippen LogP contribution in [0.1, 0.15) is 0 Å². The quantitative estimate of drug-likeness (QED) is 0.228. The molecular formula is C20H13ClF2N4O2S3. The first-order chi connectivity index (χ1) is 15.2. The lowest BCUT2D eigenvalue weighted by molar-refractivity contribution is -0.113. The fraction of sp³-hybridized carbons (Fsp3) is 0.100. The van der Waals surface area contributed by atoms with Gasteiger partial charge in [0.2, 0.25) is 5.91 Å². The van der Waals surface area contributed by atoms with Crippen LogP contribution in [0.4, 0.5) is 14.5 Å². The van der Waals surface area contributed by atoms with Gasteiger partial charge in [0.05, 0.1) is 11.4 Å². The summed E-state index contributed by atoms with van der Waals surface area (Å²) in [4.78, 5) is 29.7. The van der Waals surface area contributed by atoms with Crippen molar-refractivity contribution in [2.75, 3.05) is 11.1 Å². The zero-order valence-electron chi connectivity index (χ0n) is 16.3. The van der Waals surface area contributed by atoms with Crippen molar-refractivity contribution in [1.29, 1.82) is 0 Å². The third-order valence-corrected chi connectivity index (χ3v) is 7.03. The van der Waals surface area contributed by atoms with E-state index in [0.717, 1.165) is 35.2 Å². The van der Waals surface area contributed by atoms with Crippen LogP contribution in [0.2, 0.25) is 5.02 Å². The average Bonchev–Trinajstić information content (AvgIpc) is 3.08. The van der Waals surface area contributed by atoms with Crippen LogP contribution in [0.25, 0.3) is 16.0 Å². The number of thiazole rings is 1. The first-order valence-corrected chi connectivity index (χ1v) is 11.6. The van der Waals surface area contributed by atoms with Crippen LogP contribution in [0, 0.1) is 15.6 Å². The van der Waals surface area contributed by atoms with Crippen molar-refractivity contribution in [2.24, 2.45) is 7.05 Å². The smallest absolute Gasteiger partial charge is 0.273 e. The molecule has 0 bridgehead atoms. The fourth-order valence-electron chi connectivity index (χ4n) is 2.87. The molecule has 2 aromatic carbocycles. The van der Waals surface area contributed by atoms with E-state index in [0.29, 0.717) is 31.1 Å². The van der Waals surface area contributed by atoms with Gasteiger partial charge in [0, 0.05) is 23.8 Å². The molecule has 0 aliphatic rings. The van der Waals surface area contributed by atoms with Crippen LogP contribution in [0.3, 0.4) is 0 Å². The lowest BCUT2D eigenvalue weighted by Crippen LogP contribution is -2.21. The van der Waals surface area contributed by atoms with Gasteiger partial charge in [-0.15, -0.1) is 0 Å². The first-order valence-electron chi connectivity index (χ1n) is 9.01. The third-order valence-electron chi connectivity index (χ3n) is 4.40. The molecule has 0 unspecified atom stereocenters. The summed E-state index contributed by atoms with van der Waals surface area (Å²) in [5, 5.41) is 3.22. The standard InChI is InChI=1S/C20H13ClF2N4O2S3/c1-26-18(29)16-17(27(20(30)32-16)12-5-2-10(21)3-6-12)25-19(26)31-9-15(28)24-14-7-4-11(22)8-13(14)23/h2-8H,9H2,1H3,(H,24,28). The Bertz CT molecular complexity index is 1460. The molecule has 2 aromatic heterocycles. The summed E-state index contributed by atoms with van der Waals surface area (Å²) in [6.45, 7) is 0. The highest BCUT2D eigenvalue weighted by Gasteiger charge is 2.17. The predicted octanol–water partition coefficient (Wildman–Crippen LogP) is 5.18. The molecule has 1 N–H and O–H groups in total. The lowest BCUT2D eigenvalue weighted by Gasteiger charge is -2.10. The number of thioether (sulfide) groups is 1. The molecule has 0 spiro atoms. The van der Waals surface area contributed by atoms with Gasteiger partial charge in [-0.1, -0.05) is 34.7 Å².